The number of carbonyl (C=O) groups is 3. The van der Waals surface area contributed by atoms with Gasteiger partial charge in [-0.15, -0.1) is 4.76 Å². The number of rotatable bonds is 15. The Labute approximate surface area is 235 Å². The van der Waals surface area contributed by atoms with Crippen molar-refractivity contribution in [2.45, 2.75) is 89.3 Å². The number of esters is 1. The van der Waals surface area contributed by atoms with E-state index in [-0.39, 0.29) is 64.0 Å². The lowest BCUT2D eigenvalue weighted by molar-refractivity contribution is -0.140. The Morgan fingerprint density at radius 1 is 0.800 bits per heavy atom. The van der Waals surface area contributed by atoms with Gasteiger partial charge in [0.2, 0.25) is 5.96 Å². The fourth-order valence-electron chi connectivity index (χ4n) is 4.13. The molecule has 2 N–H and O–H groups in total. The molecule has 0 aromatic carbocycles. The SMILES string of the molecule is COC(=O)CN(C)/C(N)=N\P(=O)(OCCCOC(=O)OC1CCCCC1)OCCCOC(=O)OC1CCCCC1. The lowest BCUT2D eigenvalue weighted by atomic mass is 9.98. The van der Waals surface area contributed by atoms with Gasteiger partial charge in [0.05, 0.1) is 33.5 Å². The largest absolute Gasteiger partial charge is 0.508 e. The second kappa shape index (κ2) is 18.7. The molecule has 40 heavy (non-hydrogen) atoms. The van der Waals surface area contributed by atoms with Gasteiger partial charge in [0.25, 0.3) is 0 Å². The number of carbonyl (C=O) groups excluding carboxylic acids is 3. The van der Waals surface area contributed by atoms with E-state index in [1.54, 1.807) is 0 Å². The zero-order chi connectivity index (χ0) is 29.2. The molecule has 0 bridgehead atoms. The van der Waals surface area contributed by atoms with Gasteiger partial charge in [-0.1, -0.05) is 12.8 Å². The zero-order valence-electron chi connectivity index (χ0n) is 23.6. The molecule has 0 saturated heterocycles. The third-order valence-corrected chi connectivity index (χ3v) is 7.83. The van der Waals surface area contributed by atoms with Gasteiger partial charge in [0, 0.05) is 19.9 Å². The fourth-order valence-corrected chi connectivity index (χ4v) is 5.44. The molecule has 2 rings (SSSR count). The van der Waals surface area contributed by atoms with Crippen LogP contribution in [-0.2, 0) is 42.1 Å². The summed E-state index contributed by atoms with van der Waals surface area (Å²) < 4.78 is 53.3. The summed E-state index contributed by atoms with van der Waals surface area (Å²) in [6, 6.07) is 0. The van der Waals surface area contributed by atoms with Crippen LogP contribution in [0.4, 0.5) is 9.59 Å². The average molecular weight is 594 g/mol. The molecule has 0 amide bonds. The molecule has 14 nitrogen and oxygen atoms in total. The lowest BCUT2D eigenvalue weighted by Crippen LogP contribution is -2.38. The second-order valence-corrected chi connectivity index (χ2v) is 11.3. The first-order chi connectivity index (χ1) is 19.2. The minimum atomic E-state index is -4.14. The van der Waals surface area contributed by atoms with E-state index in [0.717, 1.165) is 64.2 Å². The van der Waals surface area contributed by atoms with Crippen molar-refractivity contribution in [1.82, 2.24) is 4.90 Å². The number of hydrogen-bond acceptors (Lipinski definition) is 11. The summed E-state index contributed by atoms with van der Waals surface area (Å²) in [6.45, 7) is -0.543. The summed E-state index contributed by atoms with van der Waals surface area (Å²) in [5.41, 5.74) is 5.89. The fraction of sp³-hybridized carbons (Fsp3) is 0.840. The number of methoxy groups -OCH3 is 1. The molecular weight excluding hydrogens is 549 g/mol. The Morgan fingerprint density at radius 3 is 1.68 bits per heavy atom. The van der Waals surface area contributed by atoms with Crippen molar-refractivity contribution in [1.29, 1.82) is 0 Å². The van der Waals surface area contributed by atoms with Gasteiger partial charge >= 0.3 is 26.0 Å². The first kappa shape index (κ1) is 33.6. The summed E-state index contributed by atoms with van der Waals surface area (Å²) >= 11 is 0. The van der Waals surface area contributed by atoms with Crippen LogP contribution < -0.4 is 5.73 Å². The average Bonchev–Trinajstić information content (AvgIpc) is 2.93. The number of nitrogens with zero attached hydrogens (tertiary/aromatic N) is 2. The minimum absolute atomic E-state index is 0.0239. The highest BCUT2D eigenvalue weighted by molar-refractivity contribution is 7.52. The van der Waals surface area contributed by atoms with E-state index in [2.05, 4.69) is 9.50 Å². The molecule has 0 aromatic heterocycles. The van der Waals surface area contributed by atoms with Crippen molar-refractivity contribution in [2.24, 2.45) is 10.5 Å². The molecule has 2 aliphatic rings. The van der Waals surface area contributed by atoms with Crippen LogP contribution in [0, 0.1) is 0 Å². The van der Waals surface area contributed by atoms with Gasteiger partial charge < -0.3 is 34.3 Å². The lowest BCUT2D eigenvalue weighted by Gasteiger charge is -2.21. The Bertz CT molecular complexity index is 815. The molecule has 0 radical (unpaired) electrons. The molecule has 0 atom stereocenters. The summed E-state index contributed by atoms with van der Waals surface area (Å²) in [7, 11) is -1.46. The van der Waals surface area contributed by atoms with Crippen LogP contribution in [-0.4, -0.2) is 88.5 Å². The number of ether oxygens (including phenoxy) is 5. The van der Waals surface area contributed by atoms with Crippen molar-refractivity contribution >= 4 is 32.0 Å². The normalized spacial score (nSPS) is 17.1. The number of likely N-dealkylation sites (N-methyl/N-ethyl adjacent to an activating group) is 1. The van der Waals surface area contributed by atoms with Crippen LogP contribution in [0.1, 0.15) is 77.0 Å². The molecule has 0 heterocycles. The Kier molecular flexibility index (Phi) is 15.7. The van der Waals surface area contributed by atoms with Crippen molar-refractivity contribution in [3.63, 3.8) is 0 Å². The highest BCUT2D eigenvalue weighted by atomic mass is 31.2. The first-order valence-corrected chi connectivity index (χ1v) is 15.4. The predicted molar refractivity (Wildman–Crippen MR) is 144 cm³/mol. The van der Waals surface area contributed by atoms with Gasteiger partial charge in [0.15, 0.2) is 0 Å². The van der Waals surface area contributed by atoms with Gasteiger partial charge in [-0.05, 0) is 51.4 Å². The van der Waals surface area contributed by atoms with E-state index in [0.29, 0.717) is 0 Å². The number of guanidine groups is 1. The van der Waals surface area contributed by atoms with Crippen molar-refractivity contribution in [2.75, 3.05) is 47.1 Å². The van der Waals surface area contributed by atoms with Crippen molar-refractivity contribution < 1.29 is 51.7 Å². The summed E-state index contributed by atoms with van der Waals surface area (Å²) in [4.78, 5) is 36.5. The van der Waals surface area contributed by atoms with Crippen LogP contribution in [0.3, 0.4) is 0 Å². The van der Waals surface area contributed by atoms with Gasteiger partial charge in [-0.3, -0.25) is 13.8 Å². The van der Waals surface area contributed by atoms with Crippen molar-refractivity contribution in [3.8, 4) is 0 Å². The zero-order valence-corrected chi connectivity index (χ0v) is 24.5. The molecule has 15 heteroatoms. The molecular formula is C25H44N3O11P. The van der Waals surface area contributed by atoms with Gasteiger partial charge in [0.1, 0.15) is 18.8 Å². The molecule has 0 aromatic rings. The van der Waals surface area contributed by atoms with E-state index in [9.17, 15) is 18.9 Å². The smallest absolute Gasteiger partial charge is 0.468 e. The summed E-state index contributed by atoms with van der Waals surface area (Å²) in [5.74, 6) is -0.847. The number of nitrogens with two attached hydrogens (primary N) is 1. The minimum Gasteiger partial charge on any atom is -0.468 e. The van der Waals surface area contributed by atoms with E-state index in [4.69, 9.17) is 33.7 Å². The Morgan fingerprint density at radius 2 is 1.25 bits per heavy atom. The highest BCUT2D eigenvalue weighted by Gasteiger charge is 2.27. The molecule has 2 fully saturated rings. The third-order valence-electron chi connectivity index (χ3n) is 6.37. The second-order valence-electron chi connectivity index (χ2n) is 9.69. The highest BCUT2D eigenvalue weighted by Crippen LogP contribution is 2.50. The topological polar surface area (TPSA) is 175 Å². The van der Waals surface area contributed by atoms with E-state index < -0.39 is 26.0 Å². The maximum atomic E-state index is 13.3. The maximum absolute atomic E-state index is 13.3. The Balaban J connectivity index is 1.78. The number of hydrogen-bond donors (Lipinski definition) is 1. The molecule has 0 aliphatic heterocycles. The van der Waals surface area contributed by atoms with Gasteiger partial charge in [-0.25, -0.2) is 14.2 Å². The third kappa shape index (κ3) is 14.2. The van der Waals surface area contributed by atoms with E-state index in [1.165, 1.54) is 19.1 Å². The Hall–Kier alpha value is -2.57. The summed E-state index contributed by atoms with van der Waals surface area (Å²) in [5, 5.41) is 0. The molecule has 0 unspecified atom stereocenters. The standard InChI is InChI=1S/C25H44N3O11P/c1-28(19-22(29)33-2)23(26)27-40(32,36-17-9-15-34-24(30)38-20-11-5-3-6-12-20)37-18-10-16-35-25(31)39-21-13-7-4-8-14-21/h20-21H,3-19H2,1-2H3,(H2,26,27,32). The van der Waals surface area contributed by atoms with Gasteiger partial charge in [-0.2, -0.15) is 0 Å². The summed E-state index contributed by atoms with van der Waals surface area (Å²) in [6.07, 6.45) is 8.33. The maximum Gasteiger partial charge on any atom is 0.508 e. The van der Waals surface area contributed by atoms with Crippen molar-refractivity contribution in [3.05, 3.63) is 0 Å². The monoisotopic (exact) mass is 593 g/mol. The molecule has 2 saturated carbocycles. The molecule has 230 valence electrons. The predicted octanol–water partition coefficient (Wildman–Crippen LogP) is 4.30. The first-order valence-electron chi connectivity index (χ1n) is 13.9. The van der Waals surface area contributed by atoms with Crippen LogP contribution in [0.15, 0.2) is 4.76 Å². The van der Waals surface area contributed by atoms with Crippen LogP contribution in [0.5, 0.6) is 0 Å². The molecule has 0 spiro atoms. The van der Waals surface area contributed by atoms with Crippen LogP contribution >= 0.6 is 7.75 Å². The quantitative estimate of drug-likeness (QED) is 0.0711. The molecule has 2 aliphatic carbocycles. The van der Waals surface area contributed by atoms with Crippen LogP contribution in [0.2, 0.25) is 0 Å². The van der Waals surface area contributed by atoms with E-state index in [1.807, 2.05) is 0 Å². The van der Waals surface area contributed by atoms with E-state index >= 15 is 0 Å². The van der Waals surface area contributed by atoms with Crippen LogP contribution in [0.25, 0.3) is 0 Å².